The van der Waals surface area contributed by atoms with Crippen molar-refractivity contribution in [3.8, 4) is 0 Å². The molecule has 1 heterocycles. The lowest BCUT2D eigenvalue weighted by Gasteiger charge is -2.18. The van der Waals surface area contributed by atoms with Crippen molar-refractivity contribution < 1.29 is 0 Å². The Morgan fingerprint density at radius 2 is 2.21 bits per heavy atom. The summed E-state index contributed by atoms with van der Waals surface area (Å²) in [5.41, 5.74) is 0.465. The molecule has 2 atom stereocenters. The van der Waals surface area contributed by atoms with Gasteiger partial charge in [-0.3, -0.25) is 4.79 Å². The summed E-state index contributed by atoms with van der Waals surface area (Å²) in [6.45, 7) is 4.73. The van der Waals surface area contributed by atoms with Crippen LogP contribution in [0.5, 0.6) is 0 Å². The second-order valence-corrected chi connectivity index (χ2v) is 5.83. The molecule has 5 heteroatoms. The summed E-state index contributed by atoms with van der Waals surface area (Å²) in [6.07, 6.45) is 7.69. The van der Waals surface area contributed by atoms with Crippen LogP contribution in [0.25, 0.3) is 0 Å². The lowest BCUT2D eigenvalue weighted by atomic mass is 10.0. The average molecular weight is 284 g/mol. The monoisotopic (exact) mass is 283 g/mol. The third-order valence-electron chi connectivity index (χ3n) is 3.90. The van der Waals surface area contributed by atoms with E-state index >= 15 is 0 Å². The normalized spacial score (nSPS) is 23.9. The van der Waals surface area contributed by atoms with Crippen molar-refractivity contribution in [3.05, 3.63) is 21.6 Å². The second kappa shape index (κ2) is 6.42. The minimum Gasteiger partial charge on any atom is -0.380 e. The van der Waals surface area contributed by atoms with Crippen LogP contribution in [0.1, 0.15) is 46.0 Å². The van der Waals surface area contributed by atoms with E-state index < -0.39 is 0 Å². The molecule has 19 heavy (non-hydrogen) atoms. The van der Waals surface area contributed by atoms with Crippen molar-refractivity contribution in [2.24, 2.45) is 5.92 Å². The largest absolute Gasteiger partial charge is 0.380 e. The van der Waals surface area contributed by atoms with Gasteiger partial charge in [0.2, 0.25) is 0 Å². The predicted molar refractivity (Wildman–Crippen MR) is 78.8 cm³/mol. The zero-order valence-electron chi connectivity index (χ0n) is 11.7. The van der Waals surface area contributed by atoms with E-state index in [0.29, 0.717) is 18.3 Å². The fourth-order valence-electron chi connectivity index (χ4n) is 2.64. The van der Waals surface area contributed by atoms with E-state index in [4.69, 9.17) is 11.6 Å². The zero-order valence-corrected chi connectivity index (χ0v) is 12.4. The quantitative estimate of drug-likeness (QED) is 0.866. The molecule has 1 saturated carbocycles. The molecule has 2 unspecified atom stereocenters. The number of rotatable bonds is 3. The second-order valence-electron chi connectivity index (χ2n) is 5.45. The van der Waals surface area contributed by atoms with E-state index in [0.717, 1.165) is 18.8 Å². The van der Waals surface area contributed by atoms with Crippen LogP contribution in [0.15, 0.2) is 11.0 Å². The molecule has 0 aromatic carbocycles. The van der Waals surface area contributed by atoms with Crippen molar-refractivity contribution in [2.45, 2.75) is 58.5 Å². The first-order chi connectivity index (χ1) is 9.11. The number of nitrogens with zero attached hydrogens (tertiary/aromatic N) is 2. The molecule has 0 aliphatic heterocycles. The maximum absolute atomic E-state index is 11.9. The van der Waals surface area contributed by atoms with Gasteiger partial charge in [-0.25, -0.2) is 4.68 Å². The van der Waals surface area contributed by atoms with E-state index in [2.05, 4.69) is 17.3 Å². The molecular weight excluding hydrogens is 262 g/mol. The lowest BCUT2D eigenvalue weighted by Crippen LogP contribution is -2.26. The number of aryl methyl sites for hydroxylation is 1. The standard InChI is InChI=1S/C14H22ClN3O/c1-3-18-14(19)13(15)12(9-16-18)17-11-6-4-5-10(2)7-8-11/h9-11,17H,3-8H2,1-2H3. The van der Waals surface area contributed by atoms with E-state index in [1.165, 1.54) is 23.9 Å². The Balaban J connectivity index is 2.11. The van der Waals surface area contributed by atoms with Gasteiger partial charge in [0.05, 0.1) is 11.9 Å². The van der Waals surface area contributed by atoms with Crippen molar-refractivity contribution in [2.75, 3.05) is 5.32 Å². The lowest BCUT2D eigenvalue weighted by molar-refractivity contribution is 0.502. The Hall–Kier alpha value is -1.03. The fourth-order valence-corrected chi connectivity index (χ4v) is 2.84. The Kier molecular flexibility index (Phi) is 4.86. The minimum atomic E-state index is -0.212. The molecule has 1 aliphatic rings. The van der Waals surface area contributed by atoms with Crippen molar-refractivity contribution >= 4 is 17.3 Å². The van der Waals surface area contributed by atoms with Crippen LogP contribution < -0.4 is 10.9 Å². The molecule has 1 fully saturated rings. The SMILES string of the molecule is CCn1ncc(NC2CCCC(C)CC2)c(Cl)c1=O. The molecule has 2 rings (SSSR count). The van der Waals surface area contributed by atoms with Gasteiger partial charge in [0.15, 0.2) is 0 Å². The van der Waals surface area contributed by atoms with Crippen molar-refractivity contribution in [3.63, 3.8) is 0 Å². The topological polar surface area (TPSA) is 46.9 Å². The van der Waals surface area contributed by atoms with Crippen LogP contribution in [0.2, 0.25) is 5.02 Å². The van der Waals surface area contributed by atoms with Crippen LogP contribution in [-0.2, 0) is 6.54 Å². The summed E-state index contributed by atoms with van der Waals surface area (Å²) < 4.78 is 1.38. The van der Waals surface area contributed by atoms with Gasteiger partial charge in [-0.05, 0) is 32.1 Å². The van der Waals surface area contributed by atoms with Gasteiger partial charge >= 0.3 is 0 Å². The van der Waals surface area contributed by atoms with Gasteiger partial charge in [-0.1, -0.05) is 31.4 Å². The van der Waals surface area contributed by atoms with Gasteiger partial charge in [0, 0.05) is 12.6 Å². The summed E-state index contributed by atoms with van der Waals surface area (Å²) in [4.78, 5) is 11.9. The Morgan fingerprint density at radius 1 is 1.42 bits per heavy atom. The molecule has 0 bridgehead atoms. The Morgan fingerprint density at radius 3 is 2.95 bits per heavy atom. The molecule has 1 aliphatic carbocycles. The van der Waals surface area contributed by atoms with Gasteiger partial charge in [0.25, 0.3) is 5.56 Å². The average Bonchev–Trinajstić information content (AvgIpc) is 2.60. The predicted octanol–water partition coefficient (Wildman–Crippen LogP) is 3.30. The van der Waals surface area contributed by atoms with Gasteiger partial charge in [-0.2, -0.15) is 5.10 Å². The molecule has 0 amide bonds. The van der Waals surface area contributed by atoms with Gasteiger partial charge in [-0.15, -0.1) is 0 Å². The molecule has 1 aromatic heterocycles. The van der Waals surface area contributed by atoms with E-state index in [-0.39, 0.29) is 10.6 Å². The molecule has 1 N–H and O–H groups in total. The van der Waals surface area contributed by atoms with Crippen LogP contribution in [0, 0.1) is 5.92 Å². The molecule has 0 saturated heterocycles. The first-order valence-corrected chi connectivity index (χ1v) is 7.51. The van der Waals surface area contributed by atoms with Crippen LogP contribution in [-0.4, -0.2) is 15.8 Å². The highest BCUT2D eigenvalue weighted by Gasteiger charge is 2.18. The van der Waals surface area contributed by atoms with Gasteiger partial charge in [0.1, 0.15) is 5.02 Å². The van der Waals surface area contributed by atoms with E-state index in [1.807, 2.05) is 6.92 Å². The Bertz CT molecular complexity index is 486. The number of hydrogen-bond donors (Lipinski definition) is 1. The summed E-state index contributed by atoms with van der Waals surface area (Å²) in [5.74, 6) is 0.800. The molecule has 1 aromatic rings. The highest BCUT2D eigenvalue weighted by Crippen LogP contribution is 2.26. The molecule has 4 nitrogen and oxygen atoms in total. The van der Waals surface area contributed by atoms with Crippen LogP contribution in [0.4, 0.5) is 5.69 Å². The smallest absolute Gasteiger partial charge is 0.287 e. The van der Waals surface area contributed by atoms with Crippen LogP contribution >= 0.6 is 11.6 Å². The van der Waals surface area contributed by atoms with Gasteiger partial charge < -0.3 is 5.32 Å². The number of halogens is 1. The summed E-state index contributed by atoms with van der Waals surface area (Å²) in [7, 11) is 0. The van der Waals surface area contributed by atoms with Crippen LogP contribution in [0.3, 0.4) is 0 Å². The fraction of sp³-hybridized carbons (Fsp3) is 0.714. The summed E-state index contributed by atoms with van der Waals surface area (Å²) in [6, 6.07) is 0.404. The third-order valence-corrected chi connectivity index (χ3v) is 4.27. The maximum atomic E-state index is 11.9. The first kappa shape index (κ1) is 14.4. The van der Waals surface area contributed by atoms with E-state index in [9.17, 15) is 4.79 Å². The Labute approximate surface area is 119 Å². The number of anilines is 1. The minimum absolute atomic E-state index is 0.212. The maximum Gasteiger partial charge on any atom is 0.287 e. The van der Waals surface area contributed by atoms with Crippen molar-refractivity contribution in [1.82, 2.24) is 9.78 Å². The molecule has 106 valence electrons. The molecular formula is C14H22ClN3O. The van der Waals surface area contributed by atoms with E-state index in [1.54, 1.807) is 6.20 Å². The first-order valence-electron chi connectivity index (χ1n) is 7.14. The summed E-state index contributed by atoms with van der Waals surface area (Å²) >= 11 is 6.13. The highest BCUT2D eigenvalue weighted by molar-refractivity contribution is 6.32. The number of aromatic nitrogens is 2. The zero-order chi connectivity index (χ0) is 13.8. The number of nitrogens with one attached hydrogen (secondary N) is 1. The third kappa shape index (κ3) is 3.50. The molecule has 0 spiro atoms. The molecule has 0 radical (unpaired) electrons. The highest BCUT2D eigenvalue weighted by atomic mass is 35.5. The van der Waals surface area contributed by atoms with Crippen molar-refractivity contribution in [1.29, 1.82) is 0 Å². The number of hydrogen-bond acceptors (Lipinski definition) is 3. The summed E-state index contributed by atoms with van der Waals surface area (Å²) in [5, 5.41) is 7.77.